The van der Waals surface area contributed by atoms with Gasteiger partial charge >= 0.3 is 0 Å². The van der Waals surface area contributed by atoms with Crippen LogP contribution in [-0.4, -0.2) is 13.7 Å². The zero-order valence-electron chi connectivity index (χ0n) is 6.39. The van der Waals surface area contributed by atoms with E-state index in [9.17, 15) is 0 Å². The molecule has 0 saturated carbocycles. The summed E-state index contributed by atoms with van der Waals surface area (Å²) in [4.78, 5) is 0. The molecule has 0 aliphatic rings. The molecule has 1 nitrogen and oxygen atoms in total. The SMILES string of the molecule is C=CCC(CC)COC. The summed E-state index contributed by atoms with van der Waals surface area (Å²) in [6, 6.07) is 0. The van der Waals surface area contributed by atoms with Crippen LogP contribution in [0.15, 0.2) is 12.7 Å². The van der Waals surface area contributed by atoms with Gasteiger partial charge in [0, 0.05) is 13.7 Å². The minimum atomic E-state index is 0.674. The fourth-order valence-electron chi connectivity index (χ4n) is 0.824. The summed E-state index contributed by atoms with van der Waals surface area (Å²) in [6.07, 6.45) is 4.21. The number of hydrogen-bond donors (Lipinski definition) is 0. The van der Waals surface area contributed by atoms with Crippen molar-refractivity contribution in [2.24, 2.45) is 5.92 Å². The summed E-state index contributed by atoms with van der Waals surface area (Å²) in [6.45, 7) is 6.71. The van der Waals surface area contributed by atoms with Crippen molar-refractivity contribution in [3.63, 3.8) is 0 Å². The van der Waals surface area contributed by atoms with Crippen LogP contribution in [0.1, 0.15) is 19.8 Å². The van der Waals surface area contributed by atoms with Crippen molar-refractivity contribution in [1.82, 2.24) is 0 Å². The lowest BCUT2D eigenvalue weighted by Gasteiger charge is -2.09. The summed E-state index contributed by atoms with van der Waals surface area (Å²) in [7, 11) is 1.74. The van der Waals surface area contributed by atoms with E-state index < -0.39 is 0 Å². The summed E-state index contributed by atoms with van der Waals surface area (Å²) in [5.41, 5.74) is 0. The molecule has 0 fully saturated rings. The van der Waals surface area contributed by atoms with E-state index in [1.807, 2.05) is 6.08 Å². The maximum absolute atomic E-state index is 5.00. The Morgan fingerprint density at radius 1 is 1.67 bits per heavy atom. The van der Waals surface area contributed by atoms with Gasteiger partial charge in [0.15, 0.2) is 0 Å². The highest BCUT2D eigenvalue weighted by atomic mass is 16.5. The Kier molecular flexibility index (Phi) is 5.64. The maximum Gasteiger partial charge on any atom is 0.0493 e. The van der Waals surface area contributed by atoms with E-state index in [0.29, 0.717) is 5.92 Å². The first kappa shape index (κ1) is 8.70. The minimum Gasteiger partial charge on any atom is -0.384 e. The summed E-state index contributed by atoms with van der Waals surface area (Å²) >= 11 is 0. The van der Waals surface area contributed by atoms with E-state index in [1.165, 1.54) is 6.42 Å². The van der Waals surface area contributed by atoms with Crippen molar-refractivity contribution < 1.29 is 4.74 Å². The fraction of sp³-hybridized carbons (Fsp3) is 0.750. The quantitative estimate of drug-likeness (QED) is 0.516. The van der Waals surface area contributed by atoms with Gasteiger partial charge in [0.05, 0.1) is 0 Å². The van der Waals surface area contributed by atoms with Crippen LogP contribution in [0.2, 0.25) is 0 Å². The Balaban J connectivity index is 3.28. The normalized spacial score (nSPS) is 13.1. The van der Waals surface area contributed by atoms with Gasteiger partial charge in [0.1, 0.15) is 0 Å². The summed E-state index contributed by atoms with van der Waals surface area (Å²) < 4.78 is 5.00. The molecule has 0 aromatic carbocycles. The summed E-state index contributed by atoms with van der Waals surface area (Å²) in [5, 5.41) is 0. The smallest absolute Gasteiger partial charge is 0.0493 e. The molecule has 0 rings (SSSR count). The minimum absolute atomic E-state index is 0.674. The zero-order chi connectivity index (χ0) is 7.11. The predicted octanol–water partition coefficient (Wildman–Crippen LogP) is 2.24. The molecule has 0 heterocycles. The van der Waals surface area contributed by atoms with E-state index in [1.54, 1.807) is 7.11 Å². The van der Waals surface area contributed by atoms with Crippen LogP contribution in [0.3, 0.4) is 0 Å². The van der Waals surface area contributed by atoms with E-state index in [2.05, 4.69) is 13.5 Å². The molecule has 0 saturated heterocycles. The third kappa shape index (κ3) is 4.22. The molecule has 9 heavy (non-hydrogen) atoms. The van der Waals surface area contributed by atoms with Gasteiger partial charge in [-0.2, -0.15) is 0 Å². The van der Waals surface area contributed by atoms with E-state index in [0.717, 1.165) is 13.0 Å². The van der Waals surface area contributed by atoms with Gasteiger partial charge in [0.2, 0.25) is 0 Å². The Hall–Kier alpha value is -0.300. The molecule has 1 atom stereocenters. The molecule has 0 bridgehead atoms. The van der Waals surface area contributed by atoms with E-state index in [4.69, 9.17) is 4.74 Å². The lowest BCUT2D eigenvalue weighted by atomic mass is 10.0. The second-order valence-corrected chi connectivity index (χ2v) is 2.25. The molecule has 0 radical (unpaired) electrons. The monoisotopic (exact) mass is 128 g/mol. The van der Waals surface area contributed by atoms with Crippen molar-refractivity contribution in [2.45, 2.75) is 19.8 Å². The number of ether oxygens (including phenoxy) is 1. The van der Waals surface area contributed by atoms with Crippen molar-refractivity contribution in [3.8, 4) is 0 Å². The highest BCUT2D eigenvalue weighted by Gasteiger charge is 2.00. The standard InChI is InChI=1S/C8H16O/c1-4-6-8(5-2)7-9-3/h4,8H,1,5-7H2,2-3H3. The average molecular weight is 128 g/mol. The Bertz CT molecular complexity index is 69.0. The largest absolute Gasteiger partial charge is 0.384 e. The fourth-order valence-corrected chi connectivity index (χ4v) is 0.824. The van der Waals surface area contributed by atoms with Crippen LogP contribution in [-0.2, 0) is 4.74 Å². The van der Waals surface area contributed by atoms with Crippen molar-refractivity contribution >= 4 is 0 Å². The topological polar surface area (TPSA) is 9.23 Å². The second-order valence-electron chi connectivity index (χ2n) is 2.25. The van der Waals surface area contributed by atoms with Gasteiger partial charge < -0.3 is 4.74 Å². The average Bonchev–Trinajstić information content (AvgIpc) is 1.88. The highest BCUT2D eigenvalue weighted by Crippen LogP contribution is 2.07. The summed E-state index contributed by atoms with van der Waals surface area (Å²) in [5.74, 6) is 0.674. The third-order valence-corrected chi connectivity index (χ3v) is 1.48. The molecule has 0 amide bonds. The molecular formula is C8H16O. The Morgan fingerprint density at radius 3 is 2.67 bits per heavy atom. The molecule has 54 valence electrons. The molecule has 0 spiro atoms. The third-order valence-electron chi connectivity index (χ3n) is 1.48. The van der Waals surface area contributed by atoms with Crippen molar-refractivity contribution in [1.29, 1.82) is 0 Å². The first-order valence-electron chi connectivity index (χ1n) is 3.45. The Labute approximate surface area is 57.7 Å². The molecule has 1 heteroatoms. The number of methoxy groups -OCH3 is 1. The van der Waals surface area contributed by atoms with Gasteiger partial charge in [-0.15, -0.1) is 6.58 Å². The van der Waals surface area contributed by atoms with Crippen LogP contribution in [0.4, 0.5) is 0 Å². The van der Waals surface area contributed by atoms with Crippen LogP contribution < -0.4 is 0 Å². The number of rotatable bonds is 5. The lowest BCUT2D eigenvalue weighted by molar-refractivity contribution is 0.151. The van der Waals surface area contributed by atoms with E-state index >= 15 is 0 Å². The molecule has 0 N–H and O–H groups in total. The molecule has 0 aromatic rings. The van der Waals surface area contributed by atoms with E-state index in [-0.39, 0.29) is 0 Å². The molecular weight excluding hydrogens is 112 g/mol. The van der Waals surface area contributed by atoms with Crippen LogP contribution in [0.5, 0.6) is 0 Å². The van der Waals surface area contributed by atoms with Gasteiger partial charge in [-0.3, -0.25) is 0 Å². The molecule has 0 aliphatic heterocycles. The predicted molar refractivity (Wildman–Crippen MR) is 40.5 cm³/mol. The molecule has 0 aromatic heterocycles. The highest BCUT2D eigenvalue weighted by molar-refractivity contribution is 4.71. The van der Waals surface area contributed by atoms with Crippen LogP contribution in [0.25, 0.3) is 0 Å². The van der Waals surface area contributed by atoms with Crippen molar-refractivity contribution in [3.05, 3.63) is 12.7 Å². The van der Waals surface area contributed by atoms with Crippen LogP contribution in [0, 0.1) is 5.92 Å². The lowest BCUT2D eigenvalue weighted by Crippen LogP contribution is -2.04. The van der Waals surface area contributed by atoms with Gasteiger partial charge in [-0.05, 0) is 12.3 Å². The van der Waals surface area contributed by atoms with Gasteiger partial charge in [-0.1, -0.05) is 19.4 Å². The molecule has 1 unspecified atom stereocenters. The maximum atomic E-state index is 5.00. The zero-order valence-corrected chi connectivity index (χ0v) is 6.39. The van der Waals surface area contributed by atoms with Gasteiger partial charge in [0.25, 0.3) is 0 Å². The Morgan fingerprint density at radius 2 is 2.33 bits per heavy atom. The number of hydrogen-bond acceptors (Lipinski definition) is 1. The molecule has 0 aliphatic carbocycles. The first-order chi connectivity index (χ1) is 4.35. The first-order valence-corrected chi connectivity index (χ1v) is 3.45. The number of allylic oxidation sites excluding steroid dienone is 1. The van der Waals surface area contributed by atoms with Crippen molar-refractivity contribution in [2.75, 3.05) is 13.7 Å². The second kappa shape index (κ2) is 5.83. The van der Waals surface area contributed by atoms with Crippen LogP contribution >= 0.6 is 0 Å². The van der Waals surface area contributed by atoms with Gasteiger partial charge in [-0.25, -0.2) is 0 Å².